The molecule has 0 saturated carbocycles. The van der Waals surface area contributed by atoms with Gasteiger partial charge in [0.1, 0.15) is 5.82 Å². The Kier molecular flexibility index (Phi) is 3.74. The summed E-state index contributed by atoms with van der Waals surface area (Å²) in [4.78, 5) is 11.9. The largest absolute Gasteiger partial charge is 0.326 e. The third-order valence-electron chi connectivity index (χ3n) is 3.14. The van der Waals surface area contributed by atoms with E-state index in [-0.39, 0.29) is 17.6 Å². The molecule has 1 amide bonds. The van der Waals surface area contributed by atoms with Crippen molar-refractivity contribution in [1.82, 2.24) is 5.32 Å². The summed E-state index contributed by atoms with van der Waals surface area (Å²) in [7, 11) is 0. The third kappa shape index (κ3) is 3.27. The number of carbonyl (C=O) groups is 1. The summed E-state index contributed by atoms with van der Waals surface area (Å²) < 4.78 is 12.7. The minimum Gasteiger partial charge on any atom is -0.326 e. The second-order valence-corrected chi connectivity index (χ2v) is 4.58. The molecule has 1 aliphatic rings. The van der Waals surface area contributed by atoms with Crippen molar-refractivity contribution in [3.8, 4) is 0 Å². The Morgan fingerprint density at radius 3 is 2.65 bits per heavy atom. The first-order chi connectivity index (χ1) is 8.15. The van der Waals surface area contributed by atoms with E-state index in [9.17, 15) is 9.18 Å². The molecule has 1 fully saturated rings. The van der Waals surface area contributed by atoms with Crippen LogP contribution in [0.15, 0.2) is 24.3 Å². The van der Waals surface area contributed by atoms with E-state index in [1.165, 1.54) is 12.1 Å². The Balaban J connectivity index is 1.90. The molecular formula is C13H17FN2O. The molecule has 2 unspecified atom stereocenters. The summed E-state index contributed by atoms with van der Waals surface area (Å²) in [5.74, 6) is -0.275. The van der Waals surface area contributed by atoms with Crippen molar-refractivity contribution in [2.24, 2.45) is 5.92 Å². The van der Waals surface area contributed by atoms with E-state index in [0.717, 1.165) is 12.8 Å². The van der Waals surface area contributed by atoms with Crippen molar-refractivity contribution in [3.63, 3.8) is 0 Å². The van der Waals surface area contributed by atoms with Crippen molar-refractivity contribution in [3.05, 3.63) is 30.1 Å². The van der Waals surface area contributed by atoms with Gasteiger partial charge in [-0.05, 0) is 44.0 Å². The molecule has 0 radical (unpaired) electrons. The summed E-state index contributed by atoms with van der Waals surface area (Å²) in [6.07, 6.45) is 1.92. The quantitative estimate of drug-likeness (QED) is 0.826. The fraction of sp³-hybridized carbons (Fsp3) is 0.462. The number of halogens is 1. The predicted molar refractivity (Wildman–Crippen MR) is 65.2 cm³/mol. The average molecular weight is 236 g/mol. The Morgan fingerprint density at radius 2 is 2.06 bits per heavy atom. The Hall–Kier alpha value is -1.42. The number of amides is 1. The van der Waals surface area contributed by atoms with Gasteiger partial charge in [0, 0.05) is 18.3 Å². The first kappa shape index (κ1) is 12.0. The van der Waals surface area contributed by atoms with E-state index < -0.39 is 0 Å². The molecule has 1 aromatic rings. The molecule has 1 aromatic carbocycles. The van der Waals surface area contributed by atoms with Crippen molar-refractivity contribution < 1.29 is 9.18 Å². The van der Waals surface area contributed by atoms with Crippen LogP contribution in [-0.4, -0.2) is 18.5 Å². The van der Waals surface area contributed by atoms with Gasteiger partial charge in [-0.3, -0.25) is 4.79 Å². The number of carbonyl (C=O) groups excluding carboxylic acids is 1. The van der Waals surface area contributed by atoms with Gasteiger partial charge in [0.15, 0.2) is 0 Å². The van der Waals surface area contributed by atoms with Crippen molar-refractivity contribution >= 4 is 11.6 Å². The molecule has 1 saturated heterocycles. The summed E-state index contributed by atoms with van der Waals surface area (Å²) in [5, 5.41) is 6.10. The van der Waals surface area contributed by atoms with Crippen LogP contribution in [0.1, 0.15) is 19.8 Å². The molecule has 0 bridgehead atoms. The Bertz CT molecular complexity index is 383. The van der Waals surface area contributed by atoms with Crippen LogP contribution in [0.25, 0.3) is 0 Å². The first-order valence-electron chi connectivity index (χ1n) is 5.95. The third-order valence-corrected chi connectivity index (χ3v) is 3.14. The van der Waals surface area contributed by atoms with E-state index >= 15 is 0 Å². The lowest BCUT2D eigenvalue weighted by atomic mass is 9.95. The lowest BCUT2D eigenvalue weighted by molar-refractivity contribution is -0.120. The normalized spacial score (nSPS) is 24.4. The molecule has 2 atom stereocenters. The van der Waals surface area contributed by atoms with Crippen LogP contribution in [0.2, 0.25) is 0 Å². The number of nitrogens with one attached hydrogen (secondary N) is 2. The van der Waals surface area contributed by atoms with Crippen molar-refractivity contribution in [2.75, 3.05) is 11.9 Å². The fourth-order valence-electron chi connectivity index (χ4n) is 2.00. The fourth-order valence-corrected chi connectivity index (χ4v) is 2.00. The summed E-state index contributed by atoms with van der Waals surface area (Å²) >= 11 is 0. The highest BCUT2D eigenvalue weighted by atomic mass is 19.1. The van der Waals surface area contributed by atoms with Gasteiger partial charge in [0.25, 0.3) is 0 Å². The molecule has 3 nitrogen and oxygen atoms in total. The zero-order valence-corrected chi connectivity index (χ0v) is 9.87. The Morgan fingerprint density at radius 1 is 1.35 bits per heavy atom. The van der Waals surface area contributed by atoms with Crippen LogP contribution < -0.4 is 10.6 Å². The molecule has 0 spiro atoms. The smallest absolute Gasteiger partial charge is 0.228 e. The zero-order chi connectivity index (χ0) is 12.3. The maximum absolute atomic E-state index is 12.7. The number of rotatable bonds is 2. The van der Waals surface area contributed by atoms with E-state index in [1.54, 1.807) is 12.1 Å². The lowest BCUT2D eigenvalue weighted by Crippen LogP contribution is -2.41. The lowest BCUT2D eigenvalue weighted by Gasteiger charge is -2.26. The SMILES string of the molecule is CC1CCC(C(=O)Nc2ccc(F)cc2)CN1. The van der Waals surface area contributed by atoms with E-state index in [2.05, 4.69) is 17.6 Å². The van der Waals surface area contributed by atoms with Gasteiger partial charge in [-0.25, -0.2) is 4.39 Å². The first-order valence-corrected chi connectivity index (χ1v) is 5.95. The number of hydrogen-bond acceptors (Lipinski definition) is 2. The summed E-state index contributed by atoms with van der Waals surface area (Å²) in [6.45, 7) is 2.84. The minimum absolute atomic E-state index is 0.0102. The maximum atomic E-state index is 12.7. The van der Waals surface area contributed by atoms with Crippen LogP contribution in [0.5, 0.6) is 0 Å². The summed E-state index contributed by atoms with van der Waals surface area (Å²) in [6, 6.07) is 6.33. The number of piperidine rings is 1. The standard InChI is InChI=1S/C13H17FN2O/c1-9-2-3-10(8-15-9)13(17)16-12-6-4-11(14)5-7-12/h4-7,9-10,15H,2-3,8H2,1H3,(H,16,17). The Labute approximate surface area is 100 Å². The van der Waals surface area contributed by atoms with E-state index in [4.69, 9.17) is 0 Å². The molecule has 1 heterocycles. The molecule has 4 heteroatoms. The van der Waals surface area contributed by atoms with Crippen molar-refractivity contribution in [2.45, 2.75) is 25.8 Å². The second-order valence-electron chi connectivity index (χ2n) is 4.58. The molecule has 2 rings (SSSR count). The molecule has 0 aliphatic carbocycles. The molecule has 0 aromatic heterocycles. The summed E-state index contributed by atoms with van der Waals surface area (Å²) in [5.41, 5.74) is 0.648. The van der Waals surface area contributed by atoms with Gasteiger partial charge in [-0.2, -0.15) is 0 Å². The number of anilines is 1. The molecule has 2 N–H and O–H groups in total. The van der Waals surface area contributed by atoms with Gasteiger partial charge >= 0.3 is 0 Å². The highest BCUT2D eigenvalue weighted by Crippen LogP contribution is 2.17. The van der Waals surface area contributed by atoms with Crippen LogP contribution in [0.3, 0.4) is 0 Å². The molecular weight excluding hydrogens is 219 g/mol. The highest BCUT2D eigenvalue weighted by Gasteiger charge is 2.23. The van der Waals surface area contributed by atoms with Crippen LogP contribution >= 0.6 is 0 Å². The monoisotopic (exact) mass is 236 g/mol. The van der Waals surface area contributed by atoms with Gasteiger partial charge in [-0.15, -0.1) is 0 Å². The highest BCUT2D eigenvalue weighted by molar-refractivity contribution is 5.92. The minimum atomic E-state index is -0.295. The van der Waals surface area contributed by atoms with Gasteiger partial charge < -0.3 is 10.6 Å². The average Bonchev–Trinajstić information content (AvgIpc) is 2.33. The molecule has 17 heavy (non-hydrogen) atoms. The predicted octanol–water partition coefficient (Wildman–Crippen LogP) is 2.15. The van der Waals surface area contributed by atoms with Gasteiger partial charge in [0.05, 0.1) is 5.92 Å². The van der Waals surface area contributed by atoms with Gasteiger partial charge in [-0.1, -0.05) is 0 Å². The number of hydrogen-bond donors (Lipinski definition) is 2. The van der Waals surface area contributed by atoms with Crippen LogP contribution in [-0.2, 0) is 4.79 Å². The van der Waals surface area contributed by atoms with Crippen LogP contribution in [0, 0.1) is 11.7 Å². The molecule has 92 valence electrons. The van der Waals surface area contributed by atoms with E-state index in [1.807, 2.05) is 0 Å². The van der Waals surface area contributed by atoms with Crippen molar-refractivity contribution in [1.29, 1.82) is 0 Å². The van der Waals surface area contributed by atoms with E-state index in [0.29, 0.717) is 18.3 Å². The zero-order valence-electron chi connectivity index (χ0n) is 9.87. The van der Waals surface area contributed by atoms with Gasteiger partial charge in [0.2, 0.25) is 5.91 Å². The van der Waals surface area contributed by atoms with Crippen LogP contribution in [0.4, 0.5) is 10.1 Å². The maximum Gasteiger partial charge on any atom is 0.228 e. The molecule has 1 aliphatic heterocycles. The topological polar surface area (TPSA) is 41.1 Å². The number of benzene rings is 1. The second kappa shape index (κ2) is 5.27.